The highest BCUT2D eigenvalue weighted by Crippen LogP contribution is 2.44. The van der Waals surface area contributed by atoms with Crippen LogP contribution in [-0.4, -0.2) is 34.9 Å². The van der Waals surface area contributed by atoms with Gasteiger partial charge >= 0.3 is 0 Å². The van der Waals surface area contributed by atoms with Crippen LogP contribution in [0.1, 0.15) is 0 Å². The standard InChI is InChI=1S/C56H33BN6/c1-5-18-34(19-6-1)55-58-49-51-40(38-26-13-15-28-44(38)60(51)36-22-9-3-10-23-36)32-42-53(49)62(55)46-30-17-31-47-48(46)57(42)43-33-41-39-27-14-16-29-45(39)61(37-24-11-4-12-25-37)52(41)50-54(43)63(47)56(59-50)35-20-7-2-8-21-35/h1-33H. The number of fused-ring (bicyclic) bond motifs is 12. The molecule has 0 atom stereocenters. The number of para-hydroxylation sites is 4. The minimum atomic E-state index is -0.103. The van der Waals surface area contributed by atoms with Crippen molar-refractivity contribution in [3.63, 3.8) is 0 Å². The maximum atomic E-state index is 5.78. The fourth-order valence-corrected chi connectivity index (χ4v) is 11.3. The molecule has 15 rings (SSSR count). The molecule has 6 heterocycles. The van der Waals surface area contributed by atoms with E-state index in [2.05, 4.69) is 218 Å². The van der Waals surface area contributed by atoms with E-state index < -0.39 is 0 Å². The summed E-state index contributed by atoms with van der Waals surface area (Å²) in [5, 5.41) is 4.82. The lowest BCUT2D eigenvalue weighted by Crippen LogP contribution is -2.59. The summed E-state index contributed by atoms with van der Waals surface area (Å²) in [6.07, 6.45) is 0. The maximum Gasteiger partial charge on any atom is 0.252 e. The maximum absolute atomic E-state index is 5.78. The Morgan fingerprint density at radius 1 is 0.333 bits per heavy atom. The topological polar surface area (TPSA) is 45.5 Å². The molecular weight excluding hydrogens is 767 g/mol. The Bertz CT molecular complexity index is 3810. The summed E-state index contributed by atoms with van der Waals surface area (Å²) in [4.78, 5) is 11.6. The van der Waals surface area contributed by atoms with Crippen LogP contribution in [0.2, 0.25) is 0 Å². The first kappa shape index (κ1) is 33.3. The molecule has 0 saturated carbocycles. The Kier molecular flexibility index (Phi) is 6.41. The van der Waals surface area contributed by atoms with E-state index in [1.165, 1.54) is 37.9 Å². The van der Waals surface area contributed by atoms with Gasteiger partial charge in [-0.05, 0) is 64.9 Å². The van der Waals surface area contributed by atoms with Crippen LogP contribution in [0.3, 0.4) is 0 Å². The van der Waals surface area contributed by atoms with Crippen molar-refractivity contribution in [3.8, 4) is 45.5 Å². The van der Waals surface area contributed by atoms with Gasteiger partial charge in [-0.3, -0.25) is 9.13 Å². The number of hydrogen-bond acceptors (Lipinski definition) is 2. The quantitative estimate of drug-likeness (QED) is 0.166. The zero-order valence-electron chi connectivity index (χ0n) is 33.8. The normalized spacial score (nSPS) is 12.7. The number of benzene rings is 9. The number of hydrogen-bond donors (Lipinski definition) is 0. The lowest BCUT2D eigenvalue weighted by Gasteiger charge is -2.33. The lowest BCUT2D eigenvalue weighted by molar-refractivity contribution is 1.07. The minimum absolute atomic E-state index is 0.103. The third kappa shape index (κ3) is 4.23. The molecule has 0 radical (unpaired) electrons. The van der Waals surface area contributed by atoms with Crippen LogP contribution >= 0.6 is 0 Å². The molecule has 2 aliphatic rings. The van der Waals surface area contributed by atoms with Gasteiger partial charge in [0.1, 0.15) is 22.7 Å². The molecule has 6 nitrogen and oxygen atoms in total. The zero-order valence-corrected chi connectivity index (χ0v) is 33.8. The SMILES string of the molecule is c1ccc(-c2nc3c4c(cc5c6ccccc6n(-c6ccccc6)c53)B3c5c(cccc5-n5c(-c6ccccc6)nc6c5c3cc3c5ccccc5n(-c5ccccc5)c36)-n24)cc1. The first-order chi connectivity index (χ1) is 31.3. The molecule has 0 amide bonds. The van der Waals surface area contributed by atoms with Crippen LogP contribution in [0.5, 0.6) is 0 Å². The highest BCUT2D eigenvalue weighted by Gasteiger charge is 2.43. The van der Waals surface area contributed by atoms with Gasteiger partial charge in [-0.2, -0.15) is 0 Å². The van der Waals surface area contributed by atoms with E-state index in [1.54, 1.807) is 0 Å². The lowest BCUT2D eigenvalue weighted by atomic mass is 9.34. The number of imidazole rings is 2. The first-order valence-corrected chi connectivity index (χ1v) is 21.6. The first-order valence-electron chi connectivity index (χ1n) is 21.6. The molecule has 0 saturated heterocycles. The van der Waals surface area contributed by atoms with Crippen LogP contribution in [-0.2, 0) is 0 Å². The monoisotopic (exact) mass is 800 g/mol. The van der Waals surface area contributed by atoms with Crippen molar-refractivity contribution < 1.29 is 0 Å². The molecule has 7 heteroatoms. The van der Waals surface area contributed by atoms with Gasteiger partial charge in [0.2, 0.25) is 0 Å². The Balaban J connectivity index is 1.17. The van der Waals surface area contributed by atoms with Gasteiger partial charge in [-0.1, -0.05) is 152 Å². The van der Waals surface area contributed by atoms with E-state index in [0.717, 1.165) is 89.7 Å². The van der Waals surface area contributed by atoms with Gasteiger partial charge in [0.05, 0.1) is 33.1 Å². The molecule has 0 aliphatic carbocycles. The highest BCUT2D eigenvalue weighted by molar-refractivity contribution is 7.00. The molecule has 63 heavy (non-hydrogen) atoms. The molecule has 0 unspecified atom stereocenters. The largest absolute Gasteiger partial charge is 0.307 e. The summed E-state index contributed by atoms with van der Waals surface area (Å²) in [6, 6.07) is 72.4. The Morgan fingerprint density at radius 2 is 0.730 bits per heavy atom. The van der Waals surface area contributed by atoms with Crippen LogP contribution in [0.25, 0.3) is 111 Å². The van der Waals surface area contributed by atoms with Gasteiger partial charge in [0.15, 0.2) is 0 Å². The Morgan fingerprint density at radius 3 is 1.17 bits per heavy atom. The molecule has 290 valence electrons. The van der Waals surface area contributed by atoms with Crippen LogP contribution in [0.4, 0.5) is 0 Å². The van der Waals surface area contributed by atoms with E-state index >= 15 is 0 Å². The van der Waals surface area contributed by atoms with Crippen molar-refractivity contribution in [2.24, 2.45) is 0 Å². The van der Waals surface area contributed by atoms with E-state index in [4.69, 9.17) is 9.97 Å². The van der Waals surface area contributed by atoms with Crippen molar-refractivity contribution in [3.05, 3.63) is 200 Å². The van der Waals surface area contributed by atoms with E-state index in [1.807, 2.05) is 0 Å². The summed E-state index contributed by atoms with van der Waals surface area (Å²) >= 11 is 0. The molecule has 0 bridgehead atoms. The summed E-state index contributed by atoms with van der Waals surface area (Å²) < 4.78 is 9.77. The van der Waals surface area contributed by atoms with Crippen LogP contribution < -0.4 is 16.4 Å². The summed E-state index contributed by atoms with van der Waals surface area (Å²) in [5.41, 5.74) is 19.3. The van der Waals surface area contributed by atoms with E-state index in [0.29, 0.717) is 0 Å². The van der Waals surface area contributed by atoms with Crippen molar-refractivity contribution in [2.45, 2.75) is 0 Å². The van der Waals surface area contributed by atoms with Crippen molar-refractivity contribution in [2.75, 3.05) is 0 Å². The predicted molar refractivity (Wildman–Crippen MR) is 260 cm³/mol. The summed E-state index contributed by atoms with van der Waals surface area (Å²) in [5.74, 6) is 1.87. The molecule has 4 aromatic heterocycles. The number of aromatic nitrogens is 6. The average Bonchev–Trinajstić information content (AvgIpc) is 4.12. The molecule has 2 aliphatic heterocycles. The second-order valence-electron chi connectivity index (χ2n) is 16.9. The molecular formula is C56H33BN6. The van der Waals surface area contributed by atoms with Gasteiger partial charge in [0.25, 0.3) is 6.71 Å². The van der Waals surface area contributed by atoms with Gasteiger partial charge in [-0.25, -0.2) is 9.97 Å². The van der Waals surface area contributed by atoms with Crippen molar-refractivity contribution in [1.29, 1.82) is 0 Å². The molecule has 0 N–H and O–H groups in total. The Labute approximate surface area is 361 Å². The summed E-state index contributed by atoms with van der Waals surface area (Å²) in [6.45, 7) is -0.103. The second-order valence-corrected chi connectivity index (χ2v) is 16.9. The molecule has 13 aromatic rings. The number of nitrogens with zero attached hydrogens (tertiary/aromatic N) is 6. The van der Waals surface area contributed by atoms with Crippen molar-refractivity contribution >= 4 is 88.8 Å². The number of rotatable bonds is 4. The molecule has 0 spiro atoms. The van der Waals surface area contributed by atoms with E-state index in [9.17, 15) is 0 Å². The zero-order chi connectivity index (χ0) is 40.9. The molecule has 9 aromatic carbocycles. The fraction of sp³-hybridized carbons (Fsp3) is 0. The van der Waals surface area contributed by atoms with Crippen molar-refractivity contribution in [1.82, 2.24) is 28.2 Å². The third-order valence-electron chi connectivity index (χ3n) is 13.7. The van der Waals surface area contributed by atoms with Crippen LogP contribution in [0.15, 0.2) is 200 Å². The van der Waals surface area contributed by atoms with Crippen LogP contribution in [0, 0.1) is 0 Å². The minimum Gasteiger partial charge on any atom is -0.307 e. The smallest absolute Gasteiger partial charge is 0.252 e. The average molecular weight is 801 g/mol. The predicted octanol–water partition coefficient (Wildman–Crippen LogP) is 11.0. The highest BCUT2D eigenvalue weighted by atomic mass is 15.1. The van der Waals surface area contributed by atoms with Gasteiger partial charge in [0, 0.05) is 55.4 Å². The second kappa shape index (κ2) is 12.1. The summed E-state index contributed by atoms with van der Waals surface area (Å²) in [7, 11) is 0. The Hall–Kier alpha value is -8.42. The fourth-order valence-electron chi connectivity index (χ4n) is 11.3. The molecule has 0 fully saturated rings. The van der Waals surface area contributed by atoms with E-state index in [-0.39, 0.29) is 6.71 Å². The van der Waals surface area contributed by atoms with Gasteiger partial charge in [-0.15, -0.1) is 0 Å². The van der Waals surface area contributed by atoms with Gasteiger partial charge < -0.3 is 9.13 Å². The third-order valence-corrected chi connectivity index (χ3v) is 13.7.